The number of carbonyl (C=O) groups excluding carboxylic acids is 2. The Hall–Kier alpha value is -3.02. The summed E-state index contributed by atoms with van der Waals surface area (Å²) < 4.78 is 5.33. The van der Waals surface area contributed by atoms with Crippen molar-refractivity contribution < 1.29 is 14.3 Å². The molecular weight excluding hydrogens is 330 g/mol. The predicted octanol–water partition coefficient (Wildman–Crippen LogP) is 2.74. The average Bonchev–Trinajstić information content (AvgIpc) is 2.66. The number of carbonyl (C=O) groups is 2. The van der Waals surface area contributed by atoms with Gasteiger partial charge in [0.05, 0.1) is 5.69 Å². The maximum atomic E-state index is 12.4. The number of amides is 2. The third-order valence-corrected chi connectivity index (χ3v) is 4.34. The van der Waals surface area contributed by atoms with Gasteiger partial charge in [0, 0.05) is 12.2 Å². The lowest BCUT2D eigenvalue weighted by molar-refractivity contribution is -0.121. The van der Waals surface area contributed by atoms with E-state index < -0.39 is 6.04 Å². The zero-order valence-electron chi connectivity index (χ0n) is 14.9. The quantitative estimate of drug-likeness (QED) is 0.746. The van der Waals surface area contributed by atoms with E-state index in [2.05, 4.69) is 35.0 Å². The third kappa shape index (κ3) is 4.33. The van der Waals surface area contributed by atoms with Crippen LogP contribution in [0.3, 0.4) is 0 Å². The van der Waals surface area contributed by atoms with Gasteiger partial charge in [-0.15, -0.1) is 0 Å². The van der Waals surface area contributed by atoms with Crippen LogP contribution in [0.25, 0.3) is 0 Å². The largest absolute Gasteiger partial charge is 0.482 e. The second-order valence-corrected chi connectivity index (χ2v) is 6.47. The molecule has 1 aliphatic rings. The number of hydrogen-bond donors (Lipinski definition) is 3. The zero-order valence-corrected chi connectivity index (χ0v) is 14.9. The predicted molar refractivity (Wildman–Crippen MR) is 102 cm³/mol. The molecule has 0 unspecified atom stereocenters. The third-order valence-electron chi connectivity index (χ3n) is 4.34. The van der Waals surface area contributed by atoms with E-state index in [1.807, 2.05) is 24.3 Å². The highest BCUT2D eigenvalue weighted by Crippen LogP contribution is 2.30. The van der Waals surface area contributed by atoms with Crippen molar-refractivity contribution in [3.05, 3.63) is 54.1 Å². The van der Waals surface area contributed by atoms with E-state index in [9.17, 15) is 9.59 Å². The van der Waals surface area contributed by atoms with Crippen molar-refractivity contribution >= 4 is 23.2 Å². The van der Waals surface area contributed by atoms with Crippen molar-refractivity contribution in [2.24, 2.45) is 0 Å². The van der Waals surface area contributed by atoms with Gasteiger partial charge in [0.2, 0.25) is 5.91 Å². The SMILES string of the molecule is C[C@H](CNC(=O)[C@@H](C)Nc1ccc2c(c1)NC(=O)CO2)c1ccccc1. The summed E-state index contributed by atoms with van der Waals surface area (Å²) in [6, 6.07) is 15.1. The highest BCUT2D eigenvalue weighted by Gasteiger charge is 2.18. The second-order valence-electron chi connectivity index (χ2n) is 6.47. The first-order valence-electron chi connectivity index (χ1n) is 8.69. The van der Waals surface area contributed by atoms with Crippen LogP contribution in [-0.4, -0.2) is 31.0 Å². The maximum absolute atomic E-state index is 12.4. The molecule has 1 aliphatic heterocycles. The molecule has 3 rings (SSSR count). The molecule has 1 heterocycles. The van der Waals surface area contributed by atoms with E-state index in [1.54, 1.807) is 19.1 Å². The van der Waals surface area contributed by atoms with Crippen LogP contribution >= 0.6 is 0 Å². The normalized spacial score (nSPS) is 15.1. The van der Waals surface area contributed by atoms with E-state index in [1.165, 1.54) is 5.56 Å². The Morgan fingerprint density at radius 2 is 1.96 bits per heavy atom. The molecule has 2 aromatic rings. The Morgan fingerprint density at radius 3 is 2.73 bits per heavy atom. The molecule has 0 saturated heterocycles. The average molecular weight is 353 g/mol. The van der Waals surface area contributed by atoms with E-state index in [0.29, 0.717) is 18.0 Å². The van der Waals surface area contributed by atoms with Crippen LogP contribution in [0.4, 0.5) is 11.4 Å². The Kier molecular flexibility index (Phi) is 5.41. The molecular formula is C20H23N3O3. The lowest BCUT2D eigenvalue weighted by atomic mass is 10.0. The molecule has 2 aromatic carbocycles. The standard InChI is InChI=1S/C20H23N3O3/c1-13(15-6-4-3-5-7-15)11-21-20(25)14(2)22-16-8-9-18-17(10-16)23-19(24)12-26-18/h3-10,13-14,22H,11-12H2,1-2H3,(H,21,25)(H,23,24)/t13-,14-/m1/s1. The van der Waals surface area contributed by atoms with Crippen LogP contribution < -0.4 is 20.7 Å². The monoisotopic (exact) mass is 353 g/mol. The van der Waals surface area contributed by atoms with Gasteiger partial charge in [0.1, 0.15) is 11.8 Å². The molecule has 6 heteroatoms. The maximum Gasteiger partial charge on any atom is 0.262 e. The fourth-order valence-corrected chi connectivity index (χ4v) is 2.79. The van der Waals surface area contributed by atoms with E-state index in [-0.39, 0.29) is 24.3 Å². The minimum atomic E-state index is -0.406. The molecule has 136 valence electrons. The molecule has 0 aliphatic carbocycles. The van der Waals surface area contributed by atoms with Crippen LogP contribution in [0.5, 0.6) is 5.75 Å². The van der Waals surface area contributed by atoms with Crippen molar-refractivity contribution in [2.75, 3.05) is 23.8 Å². The smallest absolute Gasteiger partial charge is 0.262 e. The van der Waals surface area contributed by atoms with Crippen molar-refractivity contribution in [3.63, 3.8) is 0 Å². The summed E-state index contributed by atoms with van der Waals surface area (Å²) in [6.45, 7) is 4.48. The number of rotatable bonds is 6. The number of benzene rings is 2. The lowest BCUT2D eigenvalue weighted by Crippen LogP contribution is -2.39. The number of fused-ring (bicyclic) bond motifs is 1. The summed E-state index contributed by atoms with van der Waals surface area (Å²) in [5, 5.41) is 8.88. The second kappa shape index (κ2) is 7.91. The van der Waals surface area contributed by atoms with Crippen LogP contribution in [0.15, 0.2) is 48.5 Å². The Bertz CT molecular complexity index is 792. The number of anilines is 2. The molecule has 26 heavy (non-hydrogen) atoms. The van der Waals surface area contributed by atoms with Gasteiger partial charge in [-0.3, -0.25) is 9.59 Å². The molecule has 3 N–H and O–H groups in total. The van der Waals surface area contributed by atoms with Gasteiger partial charge in [0.25, 0.3) is 5.91 Å². The number of ether oxygens (including phenoxy) is 1. The van der Waals surface area contributed by atoms with Gasteiger partial charge in [-0.1, -0.05) is 37.3 Å². The van der Waals surface area contributed by atoms with Crippen LogP contribution in [-0.2, 0) is 9.59 Å². The molecule has 2 amide bonds. The Morgan fingerprint density at radius 1 is 1.19 bits per heavy atom. The number of nitrogens with one attached hydrogen (secondary N) is 3. The molecule has 0 spiro atoms. The highest BCUT2D eigenvalue weighted by molar-refractivity contribution is 5.96. The summed E-state index contributed by atoms with van der Waals surface area (Å²) in [4.78, 5) is 23.8. The minimum absolute atomic E-state index is 0.0260. The molecule has 0 fully saturated rings. The summed E-state index contributed by atoms with van der Waals surface area (Å²) in [6.07, 6.45) is 0. The van der Waals surface area contributed by atoms with Crippen LogP contribution in [0.2, 0.25) is 0 Å². The zero-order chi connectivity index (χ0) is 18.5. The first kappa shape index (κ1) is 17.8. The van der Waals surface area contributed by atoms with Crippen molar-refractivity contribution in [1.29, 1.82) is 0 Å². The highest BCUT2D eigenvalue weighted by atomic mass is 16.5. The van der Waals surface area contributed by atoms with Gasteiger partial charge in [-0.25, -0.2) is 0 Å². The fraction of sp³-hybridized carbons (Fsp3) is 0.300. The van der Waals surface area contributed by atoms with E-state index >= 15 is 0 Å². The summed E-state index contributed by atoms with van der Waals surface area (Å²) in [7, 11) is 0. The molecule has 6 nitrogen and oxygen atoms in total. The molecule has 2 atom stereocenters. The van der Waals surface area contributed by atoms with Crippen molar-refractivity contribution in [1.82, 2.24) is 5.32 Å². The summed E-state index contributed by atoms with van der Waals surface area (Å²) in [5.41, 5.74) is 2.55. The van der Waals surface area contributed by atoms with E-state index in [4.69, 9.17) is 4.74 Å². The fourth-order valence-electron chi connectivity index (χ4n) is 2.79. The first-order chi connectivity index (χ1) is 12.5. The Balaban J connectivity index is 1.54. The van der Waals surface area contributed by atoms with Crippen molar-refractivity contribution in [2.45, 2.75) is 25.8 Å². The van der Waals surface area contributed by atoms with Crippen molar-refractivity contribution in [3.8, 4) is 5.75 Å². The Labute approximate surface area is 152 Å². The molecule has 0 radical (unpaired) electrons. The molecule has 0 aromatic heterocycles. The first-order valence-corrected chi connectivity index (χ1v) is 8.69. The van der Waals surface area contributed by atoms with Crippen LogP contribution in [0.1, 0.15) is 25.3 Å². The summed E-state index contributed by atoms with van der Waals surface area (Å²) in [5.74, 6) is 0.605. The van der Waals surface area contributed by atoms with Gasteiger partial charge in [-0.2, -0.15) is 0 Å². The minimum Gasteiger partial charge on any atom is -0.482 e. The van der Waals surface area contributed by atoms with Gasteiger partial charge < -0.3 is 20.7 Å². The summed E-state index contributed by atoms with van der Waals surface area (Å²) >= 11 is 0. The van der Waals surface area contributed by atoms with Crippen LogP contribution in [0, 0.1) is 0 Å². The van der Waals surface area contributed by atoms with Gasteiger partial charge in [0.15, 0.2) is 6.61 Å². The topological polar surface area (TPSA) is 79.5 Å². The van der Waals surface area contributed by atoms with Gasteiger partial charge in [-0.05, 0) is 36.6 Å². The molecule has 0 bridgehead atoms. The lowest BCUT2D eigenvalue weighted by Gasteiger charge is -2.21. The van der Waals surface area contributed by atoms with Gasteiger partial charge >= 0.3 is 0 Å². The number of hydrogen-bond acceptors (Lipinski definition) is 4. The van der Waals surface area contributed by atoms with E-state index in [0.717, 1.165) is 5.69 Å². The molecule has 0 saturated carbocycles.